The summed E-state index contributed by atoms with van der Waals surface area (Å²) in [6.07, 6.45) is 4.18. The van der Waals surface area contributed by atoms with Crippen LogP contribution < -0.4 is 5.56 Å². The normalized spacial score (nSPS) is 18.9. The maximum atomic E-state index is 13.0. The predicted octanol–water partition coefficient (Wildman–Crippen LogP) is 3.86. The summed E-state index contributed by atoms with van der Waals surface area (Å²) in [6.45, 7) is 7.03. The van der Waals surface area contributed by atoms with E-state index >= 15 is 0 Å². The molecule has 5 nitrogen and oxygen atoms in total. The average Bonchev–Trinajstić information content (AvgIpc) is 2.66. The van der Waals surface area contributed by atoms with E-state index in [1.807, 2.05) is 36.1 Å². The van der Waals surface area contributed by atoms with Crippen molar-refractivity contribution in [2.45, 2.75) is 63.7 Å². The molecular weight excluding hydrogens is 346 g/mol. The number of amides is 1. The van der Waals surface area contributed by atoms with E-state index in [0.717, 1.165) is 25.8 Å². The van der Waals surface area contributed by atoms with E-state index in [9.17, 15) is 9.59 Å². The van der Waals surface area contributed by atoms with Gasteiger partial charge in [0.05, 0.1) is 16.7 Å². The van der Waals surface area contributed by atoms with E-state index in [0.29, 0.717) is 27.9 Å². The number of aromatic nitrogens is 2. The zero-order valence-corrected chi connectivity index (χ0v) is 16.6. The minimum absolute atomic E-state index is 0.0220. The van der Waals surface area contributed by atoms with Crippen LogP contribution in [0.1, 0.15) is 52.5 Å². The highest BCUT2D eigenvalue weighted by Crippen LogP contribution is 2.24. The fourth-order valence-electron chi connectivity index (χ4n) is 3.48. The Morgan fingerprint density at radius 2 is 2.12 bits per heavy atom. The number of piperidine rings is 1. The lowest BCUT2D eigenvalue weighted by Crippen LogP contribution is -2.43. The van der Waals surface area contributed by atoms with Gasteiger partial charge in [-0.3, -0.25) is 14.2 Å². The zero-order valence-electron chi connectivity index (χ0n) is 15.8. The predicted molar refractivity (Wildman–Crippen MR) is 107 cm³/mol. The second-order valence-electron chi connectivity index (χ2n) is 7.06. The summed E-state index contributed by atoms with van der Waals surface area (Å²) in [5.41, 5.74) is 0.671. The molecule has 6 heteroatoms. The second-order valence-corrected chi connectivity index (χ2v) is 8.01. The van der Waals surface area contributed by atoms with Gasteiger partial charge >= 0.3 is 0 Å². The number of nitrogens with zero attached hydrogens (tertiary/aromatic N) is 3. The van der Waals surface area contributed by atoms with E-state index in [1.165, 1.54) is 18.2 Å². The Morgan fingerprint density at radius 3 is 2.85 bits per heavy atom. The van der Waals surface area contributed by atoms with Gasteiger partial charge in [0.2, 0.25) is 5.91 Å². The monoisotopic (exact) mass is 373 g/mol. The number of hydrogen-bond acceptors (Lipinski definition) is 4. The molecule has 1 aromatic carbocycles. The summed E-state index contributed by atoms with van der Waals surface area (Å²) >= 11 is 1.38. The SMILES string of the molecule is CC[C@@H](C)n1c(SCC(=O)N2CCCC[C@H]2C)nc2ccccc2c1=O. The number of likely N-dealkylation sites (tertiary alicyclic amines) is 1. The third kappa shape index (κ3) is 3.80. The molecule has 1 aromatic heterocycles. The molecule has 0 bridgehead atoms. The molecule has 1 amide bonds. The minimum atomic E-state index is -0.0220. The summed E-state index contributed by atoms with van der Waals surface area (Å²) in [7, 11) is 0. The Labute approximate surface area is 158 Å². The first-order valence-electron chi connectivity index (χ1n) is 9.46. The van der Waals surface area contributed by atoms with Gasteiger partial charge in [-0.2, -0.15) is 0 Å². The second kappa shape index (κ2) is 8.25. The van der Waals surface area contributed by atoms with Crippen molar-refractivity contribution < 1.29 is 4.79 Å². The summed E-state index contributed by atoms with van der Waals surface area (Å²) in [4.78, 5) is 32.3. The summed E-state index contributed by atoms with van der Waals surface area (Å²) in [5.74, 6) is 0.464. The largest absolute Gasteiger partial charge is 0.339 e. The summed E-state index contributed by atoms with van der Waals surface area (Å²) in [6, 6.07) is 7.77. The standard InChI is InChI=1S/C20H27N3O2S/c1-4-14(2)23-19(25)16-10-5-6-11-17(16)21-20(23)26-13-18(24)22-12-8-7-9-15(22)3/h5-6,10-11,14-15H,4,7-9,12-13H2,1-3H3/t14-,15-/m1/s1. The van der Waals surface area contributed by atoms with Gasteiger partial charge in [-0.15, -0.1) is 0 Å². The van der Waals surface area contributed by atoms with E-state index < -0.39 is 0 Å². The van der Waals surface area contributed by atoms with Crippen LogP contribution in [0.15, 0.2) is 34.2 Å². The van der Waals surface area contributed by atoms with Gasteiger partial charge < -0.3 is 4.90 Å². The lowest BCUT2D eigenvalue weighted by atomic mass is 10.0. The maximum absolute atomic E-state index is 13.0. The highest BCUT2D eigenvalue weighted by molar-refractivity contribution is 7.99. The van der Waals surface area contributed by atoms with Crippen LogP contribution in [0.4, 0.5) is 0 Å². The number of hydrogen-bond donors (Lipinski definition) is 0. The van der Waals surface area contributed by atoms with Gasteiger partial charge in [-0.25, -0.2) is 4.98 Å². The van der Waals surface area contributed by atoms with E-state index in [-0.39, 0.29) is 17.5 Å². The van der Waals surface area contributed by atoms with E-state index in [2.05, 4.69) is 13.8 Å². The number of carbonyl (C=O) groups excluding carboxylic acids is 1. The van der Waals surface area contributed by atoms with Crippen LogP contribution in [0.5, 0.6) is 0 Å². The van der Waals surface area contributed by atoms with Crippen LogP contribution in [0.25, 0.3) is 10.9 Å². The molecule has 0 radical (unpaired) electrons. The number of fused-ring (bicyclic) bond motifs is 1. The van der Waals surface area contributed by atoms with E-state index in [4.69, 9.17) is 4.98 Å². The Morgan fingerprint density at radius 1 is 1.35 bits per heavy atom. The number of benzene rings is 1. The summed E-state index contributed by atoms with van der Waals surface area (Å²) in [5, 5.41) is 1.27. The molecule has 1 saturated heterocycles. The van der Waals surface area contributed by atoms with Crippen molar-refractivity contribution >= 4 is 28.6 Å². The van der Waals surface area contributed by atoms with Gasteiger partial charge in [0.25, 0.3) is 5.56 Å². The third-order valence-electron chi connectivity index (χ3n) is 5.26. The quantitative estimate of drug-likeness (QED) is 0.590. The van der Waals surface area contributed by atoms with Crippen LogP contribution >= 0.6 is 11.8 Å². The Hall–Kier alpha value is -1.82. The lowest BCUT2D eigenvalue weighted by molar-refractivity contribution is -0.131. The molecule has 0 saturated carbocycles. The van der Waals surface area contributed by atoms with Crippen molar-refractivity contribution in [2.75, 3.05) is 12.3 Å². The first-order valence-corrected chi connectivity index (χ1v) is 10.4. The van der Waals surface area contributed by atoms with Crippen molar-refractivity contribution in [3.63, 3.8) is 0 Å². The average molecular weight is 374 g/mol. The van der Waals surface area contributed by atoms with Crippen molar-refractivity contribution in [1.82, 2.24) is 14.5 Å². The van der Waals surface area contributed by atoms with Crippen LogP contribution in [0.3, 0.4) is 0 Å². The topological polar surface area (TPSA) is 55.2 Å². The molecule has 1 aliphatic heterocycles. The van der Waals surface area contributed by atoms with Crippen LogP contribution in [-0.4, -0.2) is 38.7 Å². The molecule has 2 heterocycles. The van der Waals surface area contributed by atoms with Gasteiger partial charge in [-0.05, 0) is 51.7 Å². The highest BCUT2D eigenvalue weighted by atomic mass is 32.2. The van der Waals surface area contributed by atoms with Crippen molar-refractivity contribution in [2.24, 2.45) is 0 Å². The molecule has 1 aliphatic rings. The summed E-state index contributed by atoms with van der Waals surface area (Å²) < 4.78 is 1.75. The molecule has 26 heavy (non-hydrogen) atoms. The Kier molecular flexibility index (Phi) is 6.01. The van der Waals surface area contributed by atoms with E-state index in [1.54, 1.807) is 4.57 Å². The van der Waals surface area contributed by atoms with Crippen molar-refractivity contribution in [3.8, 4) is 0 Å². The first kappa shape index (κ1) is 19.0. The van der Waals surface area contributed by atoms with Crippen molar-refractivity contribution in [1.29, 1.82) is 0 Å². The van der Waals surface area contributed by atoms with Crippen molar-refractivity contribution in [3.05, 3.63) is 34.6 Å². The first-order chi connectivity index (χ1) is 12.5. The number of para-hydroxylation sites is 1. The molecule has 3 rings (SSSR count). The fraction of sp³-hybridized carbons (Fsp3) is 0.550. The van der Waals surface area contributed by atoms with Gasteiger partial charge in [0.1, 0.15) is 0 Å². The van der Waals surface area contributed by atoms with Crippen LogP contribution in [0, 0.1) is 0 Å². The molecule has 0 N–H and O–H groups in total. The maximum Gasteiger partial charge on any atom is 0.262 e. The molecule has 2 atom stereocenters. The molecule has 0 unspecified atom stereocenters. The molecule has 0 spiro atoms. The highest BCUT2D eigenvalue weighted by Gasteiger charge is 2.24. The molecular formula is C20H27N3O2S. The van der Waals surface area contributed by atoms with Crippen LogP contribution in [-0.2, 0) is 4.79 Å². The van der Waals surface area contributed by atoms with Gasteiger partial charge in [0, 0.05) is 18.6 Å². The Balaban J connectivity index is 1.88. The number of thioether (sulfide) groups is 1. The number of rotatable bonds is 5. The smallest absolute Gasteiger partial charge is 0.262 e. The minimum Gasteiger partial charge on any atom is -0.339 e. The molecule has 140 valence electrons. The Bertz CT molecular complexity index is 849. The number of carbonyl (C=O) groups is 1. The molecule has 1 fully saturated rings. The molecule has 2 aromatic rings. The third-order valence-corrected chi connectivity index (χ3v) is 6.19. The lowest BCUT2D eigenvalue weighted by Gasteiger charge is -2.33. The zero-order chi connectivity index (χ0) is 18.7. The fourth-order valence-corrected chi connectivity index (χ4v) is 4.46. The van der Waals surface area contributed by atoms with Crippen LogP contribution in [0.2, 0.25) is 0 Å². The van der Waals surface area contributed by atoms with Gasteiger partial charge in [0.15, 0.2) is 5.16 Å². The van der Waals surface area contributed by atoms with Gasteiger partial charge in [-0.1, -0.05) is 30.8 Å². The molecule has 0 aliphatic carbocycles.